The summed E-state index contributed by atoms with van der Waals surface area (Å²) in [4.78, 5) is 19.8. The van der Waals surface area contributed by atoms with Gasteiger partial charge in [0.15, 0.2) is 5.17 Å². The van der Waals surface area contributed by atoms with Gasteiger partial charge in [-0.25, -0.2) is 4.99 Å². The zero-order valence-electron chi connectivity index (χ0n) is 17.3. The number of halogens is 2. The zero-order chi connectivity index (χ0) is 22.5. The number of benzene rings is 3. The minimum Gasteiger partial charge on any atom is -0.489 e. The first-order valence-corrected chi connectivity index (χ1v) is 12.0. The summed E-state index contributed by atoms with van der Waals surface area (Å²) in [5.41, 5.74) is 2.75. The van der Waals surface area contributed by atoms with E-state index in [2.05, 4.69) is 20.9 Å². The van der Waals surface area contributed by atoms with Crippen molar-refractivity contribution in [3.63, 3.8) is 0 Å². The normalized spacial score (nSPS) is 16.2. The van der Waals surface area contributed by atoms with Crippen molar-refractivity contribution in [1.29, 1.82) is 0 Å². The number of rotatable bonds is 6. The van der Waals surface area contributed by atoms with Crippen LogP contribution >= 0.6 is 39.3 Å². The third kappa shape index (κ3) is 5.44. The molecule has 1 fully saturated rings. The molecule has 4 rings (SSSR count). The summed E-state index contributed by atoms with van der Waals surface area (Å²) in [5, 5.41) is 1.22. The molecule has 3 aromatic rings. The first kappa shape index (κ1) is 22.6. The summed E-state index contributed by atoms with van der Waals surface area (Å²) in [5.74, 6) is 0.731. The van der Waals surface area contributed by atoms with Crippen molar-refractivity contribution in [3.05, 3.63) is 98.3 Å². The van der Waals surface area contributed by atoms with Gasteiger partial charge < -0.3 is 4.74 Å². The van der Waals surface area contributed by atoms with Crippen LogP contribution in [0.15, 0.2) is 87.2 Å². The van der Waals surface area contributed by atoms with Crippen LogP contribution in [0.25, 0.3) is 6.08 Å². The van der Waals surface area contributed by atoms with Gasteiger partial charge in [0.1, 0.15) is 12.4 Å². The predicted octanol–water partition coefficient (Wildman–Crippen LogP) is 7.31. The minimum absolute atomic E-state index is 0.0520. The average Bonchev–Trinajstić information content (AvgIpc) is 3.10. The summed E-state index contributed by atoms with van der Waals surface area (Å²) in [6.07, 6.45) is 1.88. The van der Waals surface area contributed by atoms with Crippen molar-refractivity contribution in [1.82, 2.24) is 4.90 Å². The molecular formula is C25H20BrClN2O2S. The molecule has 0 unspecified atom stereocenters. The van der Waals surface area contributed by atoms with E-state index in [1.165, 1.54) is 11.8 Å². The Balaban J connectivity index is 1.49. The molecule has 0 bridgehead atoms. The number of hydrogen-bond acceptors (Lipinski definition) is 4. The predicted molar refractivity (Wildman–Crippen MR) is 136 cm³/mol. The molecule has 0 saturated carbocycles. The number of nitrogens with zero attached hydrogens (tertiary/aromatic N) is 2. The highest BCUT2D eigenvalue weighted by atomic mass is 79.9. The summed E-state index contributed by atoms with van der Waals surface area (Å²) in [6, 6.07) is 23.2. The number of carbonyl (C=O) groups excluding carboxylic acids is 1. The number of aliphatic imine (C=N–C) groups is 1. The van der Waals surface area contributed by atoms with E-state index < -0.39 is 0 Å². The fourth-order valence-electron chi connectivity index (χ4n) is 3.09. The lowest BCUT2D eigenvalue weighted by molar-refractivity contribution is -0.122. The van der Waals surface area contributed by atoms with Crippen molar-refractivity contribution in [2.24, 2.45) is 4.99 Å². The van der Waals surface area contributed by atoms with Crippen LogP contribution in [-0.4, -0.2) is 22.5 Å². The van der Waals surface area contributed by atoms with E-state index in [0.717, 1.165) is 21.3 Å². The topological polar surface area (TPSA) is 41.9 Å². The van der Waals surface area contributed by atoms with E-state index in [0.29, 0.717) is 33.9 Å². The summed E-state index contributed by atoms with van der Waals surface area (Å²) in [6.45, 7) is 2.99. The minimum atomic E-state index is -0.0520. The van der Waals surface area contributed by atoms with E-state index in [4.69, 9.17) is 16.3 Å². The highest BCUT2D eigenvalue weighted by Gasteiger charge is 2.32. The maximum Gasteiger partial charge on any atom is 0.266 e. The molecule has 162 valence electrons. The fourth-order valence-corrected chi connectivity index (χ4v) is 4.57. The van der Waals surface area contributed by atoms with Crippen LogP contribution in [0.5, 0.6) is 5.75 Å². The molecule has 32 heavy (non-hydrogen) atoms. The number of hydrogen-bond donors (Lipinski definition) is 0. The second kappa shape index (κ2) is 10.4. The number of carbonyl (C=O) groups is 1. The van der Waals surface area contributed by atoms with Gasteiger partial charge in [0.05, 0.1) is 15.6 Å². The number of ether oxygens (including phenoxy) is 1. The standard InChI is InChI=1S/C25H20BrClN2O2S/c1-2-29-24(30)23(32-25(29)28-19-10-13-21(26)22(27)15-19)14-17-8-11-20(12-9-17)31-16-18-6-4-3-5-7-18/h3-15H,2,16H2,1H3/b23-14-,28-25?. The first-order valence-electron chi connectivity index (χ1n) is 10.1. The first-order chi connectivity index (χ1) is 15.5. The monoisotopic (exact) mass is 526 g/mol. The van der Waals surface area contributed by atoms with Crippen molar-refractivity contribution in [3.8, 4) is 5.75 Å². The van der Waals surface area contributed by atoms with Gasteiger partial charge in [-0.2, -0.15) is 0 Å². The lowest BCUT2D eigenvalue weighted by Gasteiger charge is -2.12. The second-order valence-corrected chi connectivity index (χ2v) is 9.27. The van der Waals surface area contributed by atoms with Crippen molar-refractivity contribution < 1.29 is 9.53 Å². The summed E-state index contributed by atoms with van der Waals surface area (Å²) >= 11 is 10.9. The van der Waals surface area contributed by atoms with Gasteiger partial charge >= 0.3 is 0 Å². The molecule has 4 nitrogen and oxygen atoms in total. The SMILES string of the molecule is CCN1C(=O)/C(=C/c2ccc(OCc3ccccc3)cc2)SC1=Nc1ccc(Br)c(Cl)c1. The Morgan fingerprint density at radius 3 is 2.53 bits per heavy atom. The number of thioether (sulfide) groups is 1. The van der Waals surface area contributed by atoms with Crippen LogP contribution in [-0.2, 0) is 11.4 Å². The van der Waals surface area contributed by atoms with Gasteiger partial charge in [0, 0.05) is 11.0 Å². The lowest BCUT2D eigenvalue weighted by Crippen LogP contribution is -2.28. The quantitative estimate of drug-likeness (QED) is 0.316. The smallest absolute Gasteiger partial charge is 0.266 e. The average molecular weight is 528 g/mol. The molecule has 3 aromatic carbocycles. The second-order valence-electron chi connectivity index (χ2n) is 7.00. The van der Waals surface area contributed by atoms with E-state index in [-0.39, 0.29) is 5.91 Å². The molecule has 0 spiro atoms. The Labute approximate surface area is 205 Å². The molecule has 1 aliphatic rings. The van der Waals surface area contributed by atoms with Crippen LogP contribution in [0, 0.1) is 0 Å². The van der Waals surface area contributed by atoms with Gasteiger partial charge in [-0.05, 0) is 82.2 Å². The number of likely N-dealkylation sites (N-methyl/N-ethyl adjacent to an activating group) is 1. The van der Waals surface area contributed by atoms with E-state index in [1.807, 2.05) is 79.7 Å². The Morgan fingerprint density at radius 1 is 1.09 bits per heavy atom. The molecule has 0 radical (unpaired) electrons. The van der Waals surface area contributed by atoms with Crippen LogP contribution in [0.3, 0.4) is 0 Å². The maximum absolute atomic E-state index is 12.9. The fraction of sp³-hybridized carbons (Fsp3) is 0.120. The molecular weight excluding hydrogens is 508 g/mol. The van der Waals surface area contributed by atoms with Crippen LogP contribution < -0.4 is 4.74 Å². The van der Waals surface area contributed by atoms with Crippen molar-refractivity contribution in [2.75, 3.05) is 6.54 Å². The maximum atomic E-state index is 12.9. The van der Waals surface area contributed by atoms with Gasteiger partial charge in [-0.3, -0.25) is 9.69 Å². The summed E-state index contributed by atoms with van der Waals surface area (Å²) in [7, 11) is 0. The van der Waals surface area contributed by atoms with E-state index >= 15 is 0 Å². The highest BCUT2D eigenvalue weighted by molar-refractivity contribution is 9.10. The number of amides is 1. The van der Waals surface area contributed by atoms with E-state index in [9.17, 15) is 4.79 Å². The van der Waals surface area contributed by atoms with Gasteiger partial charge in [0.2, 0.25) is 0 Å². The third-order valence-corrected chi connectivity index (χ3v) is 7.00. The third-order valence-electron chi connectivity index (χ3n) is 4.76. The number of amidine groups is 1. The lowest BCUT2D eigenvalue weighted by atomic mass is 10.2. The molecule has 0 aliphatic carbocycles. The molecule has 0 aromatic heterocycles. The largest absolute Gasteiger partial charge is 0.489 e. The molecule has 1 saturated heterocycles. The molecule has 1 heterocycles. The van der Waals surface area contributed by atoms with E-state index in [1.54, 1.807) is 11.0 Å². The molecule has 0 atom stereocenters. The Kier molecular flexibility index (Phi) is 7.35. The highest BCUT2D eigenvalue weighted by Crippen LogP contribution is 2.35. The summed E-state index contributed by atoms with van der Waals surface area (Å²) < 4.78 is 6.65. The molecule has 1 amide bonds. The molecule has 1 aliphatic heterocycles. The van der Waals surface area contributed by atoms with Crippen LogP contribution in [0.4, 0.5) is 5.69 Å². The zero-order valence-corrected chi connectivity index (χ0v) is 20.5. The van der Waals surface area contributed by atoms with Crippen LogP contribution in [0.1, 0.15) is 18.1 Å². The molecule has 0 N–H and O–H groups in total. The van der Waals surface area contributed by atoms with Crippen LogP contribution in [0.2, 0.25) is 5.02 Å². The van der Waals surface area contributed by atoms with Crippen molar-refractivity contribution >= 4 is 62.1 Å². The Bertz CT molecular complexity index is 1180. The van der Waals surface area contributed by atoms with Gasteiger partial charge in [-0.1, -0.05) is 54.1 Å². The molecule has 7 heteroatoms. The Hall–Kier alpha value is -2.54. The Morgan fingerprint density at radius 2 is 1.84 bits per heavy atom. The van der Waals surface area contributed by atoms with Gasteiger partial charge in [0.25, 0.3) is 5.91 Å². The van der Waals surface area contributed by atoms with Crippen molar-refractivity contribution in [2.45, 2.75) is 13.5 Å². The van der Waals surface area contributed by atoms with Gasteiger partial charge in [-0.15, -0.1) is 0 Å².